The number of likely N-dealkylation sites (N-methyl/N-ethyl adjacent to an activating group) is 1. The maximum absolute atomic E-state index is 12.7. The van der Waals surface area contributed by atoms with Gasteiger partial charge in [-0.15, -0.1) is 0 Å². The van der Waals surface area contributed by atoms with Gasteiger partial charge in [0.1, 0.15) is 12.4 Å². The first kappa shape index (κ1) is 11.7. The van der Waals surface area contributed by atoms with Crippen molar-refractivity contribution in [2.45, 2.75) is 6.92 Å². The van der Waals surface area contributed by atoms with E-state index in [1.807, 2.05) is 6.92 Å². The molecule has 0 N–H and O–H groups in total. The highest BCUT2D eigenvalue weighted by Gasteiger charge is 2.12. The molecule has 0 saturated carbocycles. The molecule has 4 heteroatoms. The zero-order valence-corrected chi connectivity index (χ0v) is 8.87. The van der Waals surface area contributed by atoms with Gasteiger partial charge in [0.15, 0.2) is 0 Å². The van der Waals surface area contributed by atoms with Crippen LogP contribution in [0.5, 0.6) is 0 Å². The molecule has 0 saturated heterocycles. The normalized spacial score (nSPS) is 10.1. The highest BCUT2D eigenvalue weighted by Crippen LogP contribution is 2.14. The van der Waals surface area contributed by atoms with E-state index in [1.54, 1.807) is 17.0 Å². The first-order valence-electron chi connectivity index (χ1n) is 4.74. The Morgan fingerprint density at radius 3 is 2.47 bits per heavy atom. The Kier molecular flexibility index (Phi) is 4.24. The largest absolute Gasteiger partial charge is 0.375 e. The fourth-order valence-corrected chi connectivity index (χ4v) is 1.33. The third kappa shape index (κ3) is 3.02. The van der Waals surface area contributed by atoms with Crippen LogP contribution in [0.4, 0.5) is 10.1 Å². The van der Waals surface area contributed by atoms with Crippen LogP contribution in [0, 0.1) is 5.82 Å². The molecule has 0 spiro atoms. The Morgan fingerprint density at radius 2 is 2.00 bits per heavy atom. The average molecular weight is 211 g/mol. The molecule has 0 fully saturated rings. The van der Waals surface area contributed by atoms with E-state index in [2.05, 4.69) is 0 Å². The SMILES string of the molecule is CCN(C(=O)COC)c1ccc(F)cc1. The molecule has 1 aromatic rings. The predicted molar refractivity (Wildman–Crippen MR) is 56.3 cm³/mol. The molecule has 0 aliphatic rings. The first-order chi connectivity index (χ1) is 7.19. The third-order valence-corrected chi connectivity index (χ3v) is 2.02. The van der Waals surface area contributed by atoms with Crippen LogP contribution in [0.25, 0.3) is 0 Å². The number of ether oxygens (including phenoxy) is 1. The van der Waals surface area contributed by atoms with Gasteiger partial charge in [0, 0.05) is 19.3 Å². The summed E-state index contributed by atoms with van der Waals surface area (Å²) in [4.78, 5) is 13.1. The number of rotatable bonds is 4. The van der Waals surface area contributed by atoms with Gasteiger partial charge < -0.3 is 9.64 Å². The van der Waals surface area contributed by atoms with E-state index in [0.717, 1.165) is 0 Å². The number of hydrogen-bond acceptors (Lipinski definition) is 2. The van der Waals surface area contributed by atoms with Gasteiger partial charge in [-0.1, -0.05) is 0 Å². The highest BCUT2D eigenvalue weighted by atomic mass is 19.1. The van der Waals surface area contributed by atoms with Crippen molar-refractivity contribution in [3.8, 4) is 0 Å². The predicted octanol–water partition coefficient (Wildman–Crippen LogP) is 1.82. The van der Waals surface area contributed by atoms with Crippen LogP contribution in [0.3, 0.4) is 0 Å². The van der Waals surface area contributed by atoms with E-state index in [1.165, 1.54) is 19.2 Å². The molecule has 0 bridgehead atoms. The summed E-state index contributed by atoms with van der Waals surface area (Å²) in [6.07, 6.45) is 0. The van der Waals surface area contributed by atoms with Crippen molar-refractivity contribution in [2.75, 3.05) is 25.2 Å². The molecule has 0 radical (unpaired) electrons. The van der Waals surface area contributed by atoms with Gasteiger partial charge in [0.05, 0.1) is 0 Å². The van der Waals surface area contributed by atoms with Crippen LogP contribution >= 0.6 is 0 Å². The molecule has 0 aliphatic heterocycles. The number of benzene rings is 1. The average Bonchev–Trinajstić information content (AvgIpc) is 2.22. The lowest BCUT2D eigenvalue weighted by molar-refractivity contribution is -0.122. The molecule has 0 heterocycles. The minimum absolute atomic E-state index is 0.0330. The number of nitrogens with zero attached hydrogens (tertiary/aromatic N) is 1. The fourth-order valence-electron chi connectivity index (χ4n) is 1.33. The van der Waals surface area contributed by atoms with Gasteiger partial charge in [-0.3, -0.25) is 4.79 Å². The van der Waals surface area contributed by atoms with Crippen LogP contribution in [0.1, 0.15) is 6.92 Å². The summed E-state index contributed by atoms with van der Waals surface area (Å²) in [7, 11) is 1.47. The van der Waals surface area contributed by atoms with Crippen LogP contribution in [-0.2, 0) is 9.53 Å². The summed E-state index contributed by atoms with van der Waals surface area (Å²) in [6, 6.07) is 5.81. The molecule has 1 amide bonds. The Hall–Kier alpha value is -1.42. The van der Waals surface area contributed by atoms with Gasteiger partial charge in [0.25, 0.3) is 5.91 Å². The lowest BCUT2D eigenvalue weighted by Crippen LogP contribution is -2.33. The number of methoxy groups -OCH3 is 1. The second-order valence-electron chi connectivity index (χ2n) is 3.05. The highest BCUT2D eigenvalue weighted by molar-refractivity contribution is 5.94. The molecule has 3 nitrogen and oxygen atoms in total. The maximum atomic E-state index is 12.7. The molecule has 1 aromatic carbocycles. The molecule has 15 heavy (non-hydrogen) atoms. The topological polar surface area (TPSA) is 29.5 Å². The Bertz CT molecular complexity index is 324. The summed E-state index contributed by atoms with van der Waals surface area (Å²) < 4.78 is 17.4. The van der Waals surface area contributed by atoms with Gasteiger partial charge in [-0.25, -0.2) is 4.39 Å². The molecule has 0 aliphatic carbocycles. The third-order valence-electron chi connectivity index (χ3n) is 2.02. The smallest absolute Gasteiger partial charge is 0.252 e. The molecule has 82 valence electrons. The maximum Gasteiger partial charge on any atom is 0.252 e. The number of hydrogen-bond donors (Lipinski definition) is 0. The van der Waals surface area contributed by atoms with Gasteiger partial charge in [0.2, 0.25) is 0 Å². The summed E-state index contributed by atoms with van der Waals surface area (Å²) in [5.74, 6) is -0.444. The lowest BCUT2D eigenvalue weighted by atomic mass is 10.2. The van der Waals surface area contributed by atoms with Crippen molar-refractivity contribution < 1.29 is 13.9 Å². The van der Waals surface area contributed by atoms with Crippen molar-refractivity contribution >= 4 is 11.6 Å². The zero-order valence-electron chi connectivity index (χ0n) is 8.87. The van der Waals surface area contributed by atoms with E-state index in [-0.39, 0.29) is 18.3 Å². The van der Waals surface area contributed by atoms with Gasteiger partial charge in [-0.05, 0) is 31.2 Å². The first-order valence-corrected chi connectivity index (χ1v) is 4.74. The Labute approximate surface area is 88.5 Å². The Balaban J connectivity index is 2.82. The van der Waals surface area contributed by atoms with E-state index >= 15 is 0 Å². The molecule has 0 unspecified atom stereocenters. The molecular formula is C11H14FNO2. The van der Waals surface area contributed by atoms with E-state index in [9.17, 15) is 9.18 Å². The fraction of sp³-hybridized carbons (Fsp3) is 0.364. The van der Waals surface area contributed by atoms with Crippen molar-refractivity contribution in [2.24, 2.45) is 0 Å². The summed E-state index contributed by atoms with van der Waals surface area (Å²) in [5.41, 5.74) is 0.681. The molecular weight excluding hydrogens is 197 g/mol. The minimum atomic E-state index is -0.311. The minimum Gasteiger partial charge on any atom is -0.375 e. The second kappa shape index (κ2) is 5.46. The standard InChI is InChI=1S/C11H14FNO2/c1-3-13(11(14)8-15-2)10-6-4-9(12)5-7-10/h4-7H,3,8H2,1-2H3. The zero-order chi connectivity index (χ0) is 11.3. The van der Waals surface area contributed by atoms with Crippen molar-refractivity contribution in [1.29, 1.82) is 0 Å². The monoisotopic (exact) mass is 211 g/mol. The number of halogens is 1. The number of amides is 1. The Morgan fingerprint density at radius 1 is 1.40 bits per heavy atom. The van der Waals surface area contributed by atoms with E-state index in [4.69, 9.17) is 4.74 Å². The lowest BCUT2D eigenvalue weighted by Gasteiger charge is -2.20. The number of carbonyl (C=O) groups excluding carboxylic acids is 1. The van der Waals surface area contributed by atoms with Crippen molar-refractivity contribution in [3.63, 3.8) is 0 Å². The molecule has 0 aromatic heterocycles. The number of anilines is 1. The van der Waals surface area contributed by atoms with Crippen LogP contribution in [-0.4, -0.2) is 26.2 Å². The van der Waals surface area contributed by atoms with E-state index < -0.39 is 0 Å². The van der Waals surface area contributed by atoms with Gasteiger partial charge >= 0.3 is 0 Å². The second-order valence-corrected chi connectivity index (χ2v) is 3.05. The van der Waals surface area contributed by atoms with Crippen molar-refractivity contribution in [1.82, 2.24) is 0 Å². The van der Waals surface area contributed by atoms with Crippen LogP contribution in [0.15, 0.2) is 24.3 Å². The summed E-state index contributed by atoms with van der Waals surface area (Å²) in [6.45, 7) is 2.43. The van der Waals surface area contributed by atoms with Crippen molar-refractivity contribution in [3.05, 3.63) is 30.1 Å². The molecule has 0 atom stereocenters. The quantitative estimate of drug-likeness (QED) is 0.760. The van der Waals surface area contributed by atoms with Crippen LogP contribution < -0.4 is 4.90 Å². The number of carbonyl (C=O) groups is 1. The summed E-state index contributed by atoms with van der Waals surface area (Å²) in [5, 5.41) is 0. The summed E-state index contributed by atoms with van der Waals surface area (Å²) >= 11 is 0. The van der Waals surface area contributed by atoms with Gasteiger partial charge in [-0.2, -0.15) is 0 Å². The van der Waals surface area contributed by atoms with E-state index in [0.29, 0.717) is 12.2 Å². The van der Waals surface area contributed by atoms with Crippen LogP contribution in [0.2, 0.25) is 0 Å². The molecule has 1 rings (SSSR count).